The predicted octanol–water partition coefficient (Wildman–Crippen LogP) is 2.14. The van der Waals surface area contributed by atoms with Gasteiger partial charge in [0.25, 0.3) is 0 Å². The Labute approximate surface area is 167 Å². The maximum absolute atomic E-state index is 10.6. The molecule has 2 aliphatic heterocycles. The molecule has 29 heavy (non-hydrogen) atoms. The molecule has 5 rings (SSSR count). The van der Waals surface area contributed by atoms with E-state index >= 15 is 0 Å². The Balaban J connectivity index is 1.19. The van der Waals surface area contributed by atoms with Crippen LogP contribution in [0.2, 0.25) is 0 Å². The molecule has 9 heteroatoms. The van der Waals surface area contributed by atoms with E-state index < -0.39 is 6.10 Å². The molecule has 9 nitrogen and oxygen atoms in total. The van der Waals surface area contributed by atoms with Crippen molar-refractivity contribution >= 4 is 0 Å². The van der Waals surface area contributed by atoms with Crippen LogP contribution in [0.15, 0.2) is 35.1 Å². The lowest BCUT2D eigenvalue weighted by atomic mass is 9.91. The first-order chi connectivity index (χ1) is 14.2. The maximum Gasteiger partial charge on any atom is 0.241 e. The Hall–Kier alpha value is -2.91. The van der Waals surface area contributed by atoms with E-state index in [1.54, 1.807) is 6.20 Å². The number of likely N-dealkylation sites (tertiary alicyclic amines) is 1. The number of benzene rings is 1. The molecule has 0 unspecified atom stereocenters. The van der Waals surface area contributed by atoms with Gasteiger partial charge in [0.15, 0.2) is 11.5 Å². The van der Waals surface area contributed by atoms with Gasteiger partial charge in [-0.25, -0.2) is 4.98 Å². The maximum atomic E-state index is 10.6. The van der Waals surface area contributed by atoms with Gasteiger partial charge in [-0.15, -0.1) is 0 Å². The summed E-state index contributed by atoms with van der Waals surface area (Å²) in [6.45, 7) is 2.58. The molecule has 1 N–H and O–H groups in total. The van der Waals surface area contributed by atoms with Crippen LogP contribution in [0.25, 0.3) is 11.4 Å². The van der Waals surface area contributed by atoms with Crippen molar-refractivity contribution in [3.05, 3.63) is 42.3 Å². The van der Waals surface area contributed by atoms with Crippen LogP contribution < -0.4 is 9.47 Å². The Kier molecular flexibility index (Phi) is 4.69. The largest absolute Gasteiger partial charge is 0.454 e. The van der Waals surface area contributed by atoms with Crippen molar-refractivity contribution in [2.45, 2.75) is 25.5 Å². The average molecular weight is 397 g/mol. The van der Waals surface area contributed by atoms with Gasteiger partial charge in [0.2, 0.25) is 18.5 Å². The van der Waals surface area contributed by atoms with E-state index in [0.29, 0.717) is 24.0 Å². The summed E-state index contributed by atoms with van der Waals surface area (Å²) in [7, 11) is 1.91. The molecule has 1 fully saturated rings. The number of ether oxygens (including phenoxy) is 2. The highest BCUT2D eigenvalue weighted by Crippen LogP contribution is 2.35. The summed E-state index contributed by atoms with van der Waals surface area (Å²) < 4.78 is 18.1. The second kappa shape index (κ2) is 7.49. The summed E-state index contributed by atoms with van der Waals surface area (Å²) in [5.74, 6) is 3.49. The highest BCUT2D eigenvalue weighted by atomic mass is 16.7. The van der Waals surface area contributed by atoms with E-state index in [-0.39, 0.29) is 12.7 Å². The molecule has 2 aromatic heterocycles. The SMILES string of the molecule is Cn1ccnc1[C@@H](O)C1CCN(Cc2nc(-c3ccc4c(c3)OCO4)no2)CC1. The van der Waals surface area contributed by atoms with Gasteiger partial charge in [0, 0.05) is 25.0 Å². The van der Waals surface area contributed by atoms with E-state index in [4.69, 9.17) is 14.0 Å². The minimum Gasteiger partial charge on any atom is -0.454 e. The van der Waals surface area contributed by atoms with Crippen LogP contribution in [0.5, 0.6) is 11.5 Å². The molecule has 4 heterocycles. The normalized spacial score (nSPS) is 18.3. The molecule has 1 saturated heterocycles. The predicted molar refractivity (Wildman–Crippen MR) is 102 cm³/mol. The number of fused-ring (bicyclic) bond motifs is 1. The molecule has 1 aromatic carbocycles. The van der Waals surface area contributed by atoms with E-state index in [1.165, 1.54) is 0 Å². The van der Waals surface area contributed by atoms with Crippen LogP contribution in [-0.2, 0) is 13.6 Å². The molecule has 0 aliphatic carbocycles. The number of rotatable bonds is 5. The second-order valence-electron chi connectivity index (χ2n) is 7.53. The summed E-state index contributed by atoms with van der Waals surface area (Å²) in [6.07, 6.45) is 4.86. The average Bonchev–Trinajstić information content (AvgIpc) is 3.48. The van der Waals surface area contributed by atoms with Crippen molar-refractivity contribution in [1.82, 2.24) is 24.6 Å². The molecule has 0 bridgehead atoms. The lowest BCUT2D eigenvalue weighted by molar-refractivity contribution is 0.0466. The summed E-state index contributed by atoms with van der Waals surface area (Å²) in [4.78, 5) is 11.1. The summed E-state index contributed by atoms with van der Waals surface area (Å²) in [5, 5.41) is 14.7. The van der Waals surface area contributed by atoms with E-state index in [2.05, 4.69) is 20.0 Å². The van der Waals surface area contributed by atoms with Crippen LogP contribution in [0.1, 0.15) is 30.7 Å². The monoisotopic (exact) mass is 397 g/mol. The third-order valence-corrected chi connectivity index (χ3v) is 5.66. The zero-order chi connectivity index (χ0) is 19.8. The Morgan fingerprint density at radius 2 is 2.03 bits per heavy atom. The van der Waals surface area contributed by atoms with E-state index in [0.717, 1.165) is 43.1 Å². The summed E-state index contributed by atoms with van der Waals surface area (Å²) >= 11 is 0. The van der Waals surface area contributed by atoms with Crippen molar-refractivity contribution in [2.75, 3.05) is 19.9 Å². The van der Waals surface area contributed by atoms with Crippen molar-refractivity contribution in [1.29, 1.82) is 0 Å². The second-order valence-corrected chi connectivity index (χ2v) is 7.53. The molecule has 0 amide bonds. The number of aliphatic hydroxyl groups excluding tert-OH is 1. The standard InChI is InChI=1S/C20H23N5O4/c1-24-9-6-21-20(24)18(26)13-4-7-25(8-5-13)11-17-22-19(23-29-17)14-2-3-15-16(10-14)28-12-27-15/h2-3,6,9-10,13,18,26H,4-5,7-8,11-12H2,1H3/t18-/m0/s1. The molecular weight excluding hydrogens is 374 g/mol. The number of aliphatic hydroxyl groups is 1. The minimum atomic E-state index is -0.529. The smallest absolute Gasteiger partial charge is 0.241 e. The molecule has 1 atom stereocenters. The highest BCUT2D eigenvalue weighted by Gasteiger charge is 2.29. The van der Waals surface area contributed by atoms with Gasteiger partial charge in [-0.3, -0.25) is 4.90 Å². The Morgan fingerprint density at radius 1 is 1.21 bits per heavy atom. The number of aromatic nitrogens is 4. The molecule has 0 spiro atoms. The Bertz CT molecular complexity index is 992. The molecule has 0 saturated carbocycles. The van der Waals surface area contributed by atoms with E-state index in [9.17, 15) is 5.11 Å². The first-order valence-corrected chi connectivity index (χ1v) is 9.77. The van der Waals surface area contributed by atoms with Gasteiger partial charge in [-0.1, -0.05) is 5.16 Å². The van der Waals surface area contributed by atoms with Gasteiger partial charge in [-0.05, 0) is 50.0 Å². The fourth-order valence-corrected chi connectivity index (χ4v) is 3.96. The molecular formula is C20H23N5O4. The van der Waals surface area contributed by atoms with Crippen molar-refractivity contribution in [2.24, 2.45) is 13.0 Å². The summed E-state index contributed by atoms with van der Waals surface area (Å²) in [5.41, 5.74) is 0.834. The van der Waals surface area contributed by atoms with Crippen molar-refractivity contribution in [3.8, 4) is 22.9 Å². The fraction of sp³-hybridized carbons (Fsp3) is 0.450. The number of hydrogen-bond donors (Lipinski definition) is 1. The highest BCUT2D eigenvalue weighted by molar-refractivity contribution is 5.61. The zero-order valence-corrected chi connectivity index (χ0v) is 16.2. The number of aryl methyl sites for hydroxylation is 1. The first-order valence-electron chi connectivity index (χ1n) is 9.77. The molecule has 2 aliphatic rings. The third kappa shape index (κ3) is 3.58. The molecule has 3 aromatic rings. The number of imidazole rings is 1. The zero-order valence-electron chi connectivity index (χ0n) is 16.2. The Morgan fingerprint density at radius 3 is 2.83 bits per heavy atom. The van der Waals surface area contributed by atoms with Gasteiger partial charge in [-0.2, -0.15) is 4.98 Å². The summed E-state index contributed by atoms with van der Waals surface area (Å²) in [6, 6.07) is 5.61. The number of piperidine rings is 1. The van der Waals surface area contributed by atoms with Gasteiger partial charge < -0.3 is 23.7 Å². The van der Waals surface area contributed by atoms with Crippen LogP contribution in [0, 0.1) is 5.92 Å². The number of hydrogen-bond acceptors (Lipinski definition) is 8. The minimum absolute atomic E-state index is 0.208. The third-order valence-electron chi connectivity index (χ3n) is 5.66. The van der Waals surface area contributed by atoms with Crippen LogP contribution in [0.4, 0.5) is 0 Å². The lowest BCUT2D eigenvalue weighted by Gasteiger charge is -2.33. The molecule has 0 radical (unpaired) electrons. The fourth-order valence-electron chi connectivity index (χ4n) is 3.96. The van der Waals surface area contributed by atoms with Gasteiger partial charge in [0.05, 0.1) is 6.54 Å². The van der Waals surface area contributed by atoms with Gasteiger partial charge in [0.1, 0.15) is 11.9 Å². The van der Waals surface area contributed by atoms with Crippen LogP contribution >= 0.6 is 0 Å². The van der Waals surface area contributed by atoms with Crippen LogP contribution in [-0.4, -0.2) is 49.6 Å². The van der Waals surface area contributed by atoms with Gasteiger partial charge >= 0.3 is 0 Å². The van der Waals surface area contributed by atoms with Crippen molar-refractivity contribution in [3.63, 3.8) is 0 Å². The number of nitrogens with zero attached hydrogens (tertiary/aromatic N) is 5. The quantitative estimate of drug-likeness (QED) is 0.699. The van der Waals surface area contributed by atoms with Crippen molar-refractivity contribution < 1.29 is 19.1 Å². The first kappa shape index (κ1) is 18.1. The molecule has 152 valence electrons. The van der Waals surface area contributed by atoms with Crippen LogP contribution in [0.3, 0.4) is 0 Å². The lowest BCUT2D eigenvalue weighted by Crippen LogP contribution is -2.35. The topological polar surface area (TPSA) is 98.7 Å². The van der Waals surface area contributed by atoms with E-state index in [1.807, 2.05) is 36.0 Å².